The highest BCUT2D eigenvalue weighted by molar-refractivity contribution is 5.25. The van der Waals surface area contributed by atoms with Crippen molar-refractivity contribution in [3.05, 3.63) is 12.2 Å². The van der Waals surface area contributed by atoms with Gasteiger partial charge >= 0.3 is 0 Å². The van der Waals surface area contributed by atoms with Gasteiger partial charge in [-0.3, -0.25) is 0 Å². The molecule has 1 N–H and O–H groups in total. The third-order valence-electron chi connectivity index (χ3n) is 10.1. The largest absolute Gasteiger partial charge is 0.389 e. The van der Waals surface area contributed by atoms with Crippen molar-refractivity contribution in [1.29, 1.82) is 0 Å². The SMILES string of the molecule is CC(C)CCC[C@@H](C)[C@H]1CCC[C@@]1(C)CC[C@@H]1CC[C@@H]2[C@H]3[C@@H]2[C@]1(C)C=C[C@@H]3O. The molecule has 1 heteroatoms. The van der Waals surface area contributed by atoms with E-state index in [1.165, 1.54) is 64.2 Å². The van der Waals surface area contributed by atoms with Crippen LogP contribution in [-0.4, -0.2) is 11.2 Å². The van der Waals surface area contributed by atoms with Gasteiger partial charge in [0.2, 0.25) is 0 Å². The second kappa shape index (κ2) is 7.75. The fraction of sp³-hybridized carbons (Fsp3) is 0.926. The van der Waals surface area contributed by atoms with Crippen LogP contribution < -0.4 is 0 Å². The highest BCUT2D eigenvalue weighted by Crippen LogP contribution is 2.70. The lowest BCUT2D eigenvalue weighted by molar-refractivity contribution is 0.0819. The van der Waals surface area contributed by atoms with Crippen molar-refractivity contribution in [1.82, 2.24) is 0 Å². The van der Waals surface area contributed by atoms with Crippen LogP contribution in [0.2, 0.25) is 0 Å². The summed E-state index contributed by atoms with van der Waals surface area (Å²) in [5, 5.41) is 10.3. The summed E-state index contributed by atoms with van der Waals surface area (Å²) in [5.74, 6) is 5.74. The topological polar surface area (TPSA) is 20.2 Å². The zero-order valence-electron chi connectivity index (χ0n) is 19.3. The normalized spacial score (nSPS) is 48.0. The summed E-state index contributed by atoms with van der Waals surface area (Å²) in [6, 6.07) is 0. The molecule has 0 heterocycles. The fourth-order valence-corrected chi connectivity index (χ4v) is 8.32. The maximum atomic E-state index is 10.3. The van der Waals surface area contributed by atoms with Crippen molar-refractivity contribution in [2.45, 2.75) is 105 Å². The van der Waals surface area contributed by atoms with Gasteiger partial charge in [0.25, 0.3) is 0 Å². The highest BCUT2D eigenvalue weighted by Gasteiger charge is 2.66. The Bertz CT molecular complexity index is 579. The predicted octanol–water partition coefficient (Wildman–Crippen LogP) is 7.24. The van der Waals surface area contributed by atoms with Crippen molar-refractivity contribution in [2.75, 3.05) is 0 Å². The molecule has 0 aromatic carbocycles. The molecule has 1 nitrogen and oxygen atoms in total. The lowest BCUT2D eigenvalue weighted by atomic mass is 9.61. The van der Waals surface area contributed by atoms with Gasteiger partial charge in [0.1, 0.15) is 0 Å². The van der Waals surface area contributed by atoms with Crippen LogP contribution in [0.25, 0.3) is 0 Å². The fourth-order valence-electron chi connectivity index (χ4n) is 8.32. The molecule has 3 saturated carbocycles. The molecule has 4 aliphatic carbocycles. The Morgan fingerprint density at radius 1 is 1.07 bits per heavy atom. The third kappa shape index (κ3) is 3.63. The molecule has 4 aliphatic rings. The summed E-state index contributed by atoms with van der Waals surface area (Å²) in [5.41, 5.74) is 0.950. The molecule has 3 fully saturated rings. The summed E-state index contributed by atoms with van der Waals surface area (Å²) in [6.45, 7) is 12.4. The molecule has 0 aromatic rings. The molecule has 0 radical (unpaired) electrons. The minimum absolute atomic E-state index is 0.148. The second-order valence-electron chi connectivity index (χ2n) is 12.3. The van der Waals surface area contributed by atoms with Gasteiger partial charge in [-0.05, 0) is 90.8 Å². The minimum Gasteiger partial charge on any atom is -0.389 e. The Labute approximate surface area is 174 Å². The van der Waals surface area contributed by atoms with E-state index >= 15 is 0 Å². The van der Waals surface area contributed by atoms with Crippen LogP contribution in [0, 0.1) is 52.3 Å². The van der Waals surface area contributed by atoms with Crippen LogP contribution in [0.15, 0.2) is 12.2 Å². The van der Waals surface area contributed by atoms with Gasteiger partial charge in [0, 0.05) is 0 Å². The van der Waals surface area contributed by atoms with E-state index in [0.29, 0.717) is 16.7 Å². The third-order valence-corrected chi connectivity index (χ3v) is 10.1. The first kappa shape index (κ1) is 21.0. The minimum atomic E-state index is -0.148. The Balaban J connectivity index is 1.36. The monoisotopic (exact) mass is 386 g/mol. The number of rotatable bonds is 8. The molecule has 28 heavy (non-hydrogen) atoms. The molecular weight excluding hydrogens is 340 g/mol. The van der Waals surface area contributed by atoms with Gasteiger partial charge in [0.15, 0.2) is 0 Å². The van der Waals surface area contributed by atoms with Crippen LogP contribution in [0.1, 0.15) is 98.8 Å². The van der Waals surface area contributed by atoms with E-state index in [0.717, 1.165) is 35.5 Å². The van der Waals surface area contributed by atoms with E-state index in [4.69, 9.17) is 0 Å². The molecule has 0 amide bonds. The number of aliphatic hydroxyl groups is 1. The number of hydrogen-bond donors (Lipinski definition) is 1. The maximum absolute atomic E-state index is 10.3. The zero-order valence-corrected chi connectivity index (χ0v) is 19.3. The second-order valence-corrected chi connectivity index (χ2v) is 12.3. The predicted molar refractivity (Wildman–Crippen MR) is 119 cm³/mol. The smallest absolute Gasteiger partial charge is 0.0755 e. The summed E-state index contributed by atoms with van der Waals surface area (Å²) < 4.78 is 0. The first-order valence-electron chi connectivity index (χ1n) is 12.6. The van der Waals surface area contributed by atoms with E-state index < -0.39 is 0 Å². The molecule has 0 saturated heterocycles. The average molecular weight is 387 g/mol. The average Bonchev–Trinajstić information content (AvgIpc) is 3.27. The van der Waals surface area contributed by atoms with Gasteiger partial charge < -0.3 is 5.11 Å². The van der Waals surface area contributed by atoms with Gasteiger partial charge in [-0.1, -0.05) is 72.5 Å². The van der Waals surface area contributed by atoms with Gasteiger partial charge in [-0.2, -0.15) is 0 Å². The summed E-state index contributed by atoms with van der Waals surface area (Å²) in [4.78, 5) is 0. The molecule has 0 bridgehead atoms. The van der Waals surface area contributed by atoms with E-state index in [1.54, 1.807) is 0 Å². The molecule has 0 aliphatic heterocycles. The van der Waals surface area contributed by atoms with Gasteiger partial charge in [-0.15, -0.1) is 0 Å². The van der Waals surface area contributed by atoms with Crippen molar-refractivity contribution in [3.63, 3.8) is 0 Å². The summed E-state index contributed by atoms with van der Waals surface area (Å²) in [7, 11) is 0. The van der Waals surface area contributed by atoms with Crippen molar-refractivity contribution < 1.29 is 5.11 Å². The molecule has 4 rings (SSSR count). The standard InChI is InChI=1S/C27H46O/c1-18(2)8-6-9-19(3)22-10-7-15-26(22,4)16-13-20-11-12-21-24-23(28)14-17-27(20,5)25(21)24/h14,17-25,28H,6-13,15-16H2,1-5H3/t19-,20+,21-,22-,23+,24-,25-,26+,27-/m1/s1. The Hall–Kier alpha value is -0.300. The Kier molecular flexibility index (Phi) is 5.80. The molecule has 0 unspecified atom stereocenters. The van der Waals surface area contributed by atoms with E-state index in [1.807, 2.05) is 0 Å². The van der Waals surface area contributed by atoms with Crippen molar-refractivity contribution in [2.24, 2.45) is 52.3 Å². The number of allylic oxidation sites excluding steroid dienone is 1. The van der Waals surface area contributed by atoms with Crippen LogP contribution in [0.4, 0.5) is 0 Å². The zero-order chi connectivity index (χ0) is 20.1. The van der Waals surface area contributed by atoms with E-state index in [9.17, 15) is 5.11 Å². The van der Waals surface area contributed by atoms with Crippen LogP contribution >= 0.6 is 0 Å². The number of fused-ring (bicyclic) bond motifs is 1. The van der Waals surface area contributed by atoms with Crippen molar-refractivity contribution >= 4 is 0 Å². The van der Waals surface area contributed by atoms with Gasteiger partial charge in [0.05, 0.1) is 6.10 Å². The molecular formula is C27H46O. The molecule has 9 atom stereocenters. The molecule has 160 valence electrons. The van der Waals surface area contributed by atoms with E-state index in [2.05, 4.69) is 46.8 Å². The van der Waals surface area contributed by atoms with Crippen LogP contribution in [0.3, 0.4) is 0 Å². The lowest BCUT2D eigenvalue weighted by Gasteiger charge is -2.44. The van der Waals surface area contributed by atoms with Crippen LogP contribution in [0.5, 0.6) is 0 Å². The quantitative estimate of drug-likeness (QED) is 0.436. The van der Waals surface area contributed by atoms with Gasteiger partial charge in [-0.25, -0.2) is 0 Å². The Morgan fingerprint density at radius 2 is 1.86 bits per heavy atom. The van der Waals surface area contributed by atoms with Crippen molar-refractivity contribution in [3.8, 4) is 0 Å². The maximum Gasteiger partial charge on any atom is 0.0755 e. The summed E-state index contributed by atoms with van der Waals surface area (Å²) >= 11 is 0. The molecule has 0 aromatic heterocycles. The number of hydrogen-bond acceptors (Lipinski definition) is 1. The Morgan fingerprint density at radius 3 is 2.61 bits per heavy atom. The molecule has 0 spiro atoms. The first-order valence-corrected chi connectivity index (χ1v) is 12.6. The first-order chi connectivity index (χ1) is 13.3. The highest BCUT2D eigenvalue weighted by atomic mass is 16.3. The van der Waals surface area contributed by atoms with E-state index in [-0.39, 0.29) is 6.10 Å². The lowest BCUT2D eigenvalue weighted by Crippen LogP contribution is -2.36. The summed E-state index contributed by atoms with van der Waals surface area (Å²) in [6.07, 6.45) is 18.7. The van der Waals surface area contributed by atoms with Crippen LogP contribution in [-0.2, 0) is 0 Å². The number of aliphatic hydroxyl groups excluding tert-OH is 1.